The molecule has 0 spiro atoms. The van der Waals surface area contributed by atoms with Crippen LogP contribution in [0.3, 0.4) is 0 Å². The maximum atomic E-state index is 5.48. The molecule has 3 aliphatic rings. The number of halogens is 2. The molecule has 5 heteroatoms. The van der Waals surface area contributed by atoms with Gasteiger partial charge in [0.05, 0.1) is 0 Å². The van der Waals surface area contributed by atoms with Gasteiger partial charge in [-0.1, -0.05) is 0 Å². The second-order valence-corrected chi connectivity index (χ2v) is 30.2. The van der Waals surface area contributed by atoms with Crippen LogP contribution in [0.1, 0.15) is 63.7 Å². The van der Waals surface area contributed by atoms with Gasteiger partial charge in [-0.25, -0.2) is 0 Å². The minimum absolute atomic E-state index is 0. The third-order valence-electron chi connectivity index (χ3n) is 10.8. The van der Waals surface area contributed by atoms with Gasteiger partial charge in [0.2, 0.25) is 0 Å². The molecule has 2 atom stereocenters. The van der Waals surface area contributed by atoms with Crippen molar-refractivity contribution in [1.82, 2.24) is 0 Å². The number of ether oxygens (including phenoxy) is 2. The molecule has 46 heavy (non-hydrogen) atoms. The van der Waals surface area contributed by atoms with Gasteiger partial charge in [-0.05, 0) is 0 Å². The Balaban J connectivity index is 0.00000208. The molecule has 2 unspecified atom stereocenters. The van der Waals surface area contributed by atoms with Crippen LogP contribution >= 0.6 is 0 Å². The fourth-order valence-corrected chi connectivity index (χ4v) is 32.1. The van der Waals surface area contributed by atoms with Crippen molar-refractivity contribution in [2.75, 3.05) is 14.2 Å². The molecule has 7 rings (SSSR count). The molecule has 1 heterocycles. The molecule has 4 aromatic rings. The van der Waals surface area contributed by atoms with E-state index in [1.807, 2.05) is 0 Å². The van der Waals surface area contributed by atoms with Crippen LogP contribution < -0.4 is 34.3 Å². The summed E-state index contributed by atoms with van der Waals surface area (Å²) in [5, 5.41) is 0. The SMILES string of the molecule is COc1ccc(-c2cccc3c2C=C(C(C)C)[CH]3[Hf+2]2([CH]3C(C(C)C)=Cc4c(-c5ccc(OC)cc5)cccc43)[CH2]C[CH2]2)cc1.[Cl-].[Cl-]. The number of hydrogen-bond donors (Lipinski definition) is 0. The van der Waals surface area contributed by atoms with Crippen molar-refractivity contribution in [2.45, 2.75) is 49.8 Å². The summed E-state index contributed by atoms with van der Waals surface area (Å²) in [6, 6.07) is 31.6. The first-order valence-electron chi connectivity index (χ1n) is 16.3. The van der Waals surface area contributed by atoms with Gasteiger partial charge in [-0.3, -0.25) is 0 Å². The van der Waals surface area contributed by atoms with E-state index in [4.69, 9.17) is 9.47 Å². The van der Waals surface area contributed by atoms with Gasteiger partial charge in [0.15, 0.2) is 0 Å². The minimum atomic E-state index is -3.12. The molecule has 238 valence electrons. The zero-order valence-corrected chi connectivity index (χ0v) is 32.8. The maximum Gasteiger partial charge on any atom is -1.00 e. The Labute approximate surface area is 292 Å². The molecule has 0 aromatic heterocycles. The Morgan fingerprint density at radius 2 is 0.957 bits per heavy atom. The average Bonchev–Trinajstić information content (AvgIpc) is 3.61. The van der Waals surface area contributed by atoms with E-state index < -0.39 is 20.0 Å². The molecule has 0 amide bonds. The largest absolute Gasteiger partial charge is 1.00 e. The quantitative estimate of drug-likeness (QED) is 0.224. The number of fused-ring (bicyclic) bond motifs is 2. The van der Waals surface area contributed by atoms with Crippen molar-refractivity contribution in [3.05, 3.63) is 118 Å². The third kappa shape index (κ3) is 5.65. The molecule has 2 aliphatic carbocycles. The van der Waals surface area contributed by atoms with Crippen molar-refractivity contribution in [1.29, 1.82) is 0 Å². The fourth-order valence-electron chi connectivity index (χ4n) is 8.51. The van der Waals surface area contributed by atoms with Crippen LogP contribution in [-0.2, 0) is 20.0 Å². The van der Waals surface area contributed by atoms with Gasteiger partial charge in [-0.2, -0.15) is 0 Å². The van der Waals surface area contributed by atoms with Crippen LogP contribution in [0.2, 0.25) is 8.35 Å². The Hall–Kier alpha value is -2.59. The van der Waals surface area contributed by atoms with Crippen molar-refractivity contribution < 1.29 is 54.3 Å². The first-order chi connectivity index (χ1) is 21.4. The zero-order chi connectivity index (χ0) is 30.6. The zero-order valence-electron chi connectivity index (χ0n) is 27.7. The summed E-state index contributed by atoms with van der Waals surface area (Å²) < 4.78 is 15.2. The van der Waals surface area contributed by atoms with Crippen LogP contribution in [-0.4, -0.2) is 14.2 Å². The predicted molar refractivity (Wildman–Crippen MR) is 182 cm³/mol. The minimum Gasteiger partial charge on any atom is -1.00 e. The van der Waals surface area contributed by atoms with Crippen molar-refractivity contribution in [3.8, 4) is 33.8 Å². The predicted octanol–water partition coefficient (Wildman–Crippen LogP) is 5.33. The first kappa shape index (κ1) is 34.7. The summed E-state index contributed by atoms with van der Waals surface area (Å²) in [5.41, 5.74) is 14.9. The van der Waals surface area contributed by atoms with E-state index >= 15 is 0 Å². The van der Waals surface area contributed by atoms with E-state index in [0.29, 0.717) is 19.2 Å². The van der Waals surface area contributed by atoms with Gasteiger partial charge in [0.1, 0.15) is 0 Å². The topological polar surface area (TPSA) is 18.5 Å². The van der Waals surface area contributed by atoms with Crippen LogP contribution in [0.5, 0.6) is 11.5 Å². The number of hydrogen-bond acceptors (Lipinski definition) is 2. The molecule has 1 aliphatic heterocycles. The second kappa shape index (κ2) is 13.9. The van der Waals surface area contributed by atoms with Gasteiger partial charge < -0.3 is 24.8 Å². The van der Waals surface area contributed by atoms with Crippen molar-refractivity contribution in [3.63, 3.8) is 0 Å². The van der Waals surface area contributed by atoms with Gasteiger partial charge in [0.25, 0.3) is 0 Å². The molecule has 1 saturated heterocycles. The van der Waals surface area contributed by atoms with E-state index in [1.54, 1.807) is 36.5 Å². The molecule has 4 aromatic carbocycles. The maximum absolute atomic E-state index is 5.48. The molecule has 0 bridgehead atoms. The molecular weight excluding hydrogens is 774 g/mol. The van der Waals surface area contributed by atoms with E-state index in [1.165, 1.54) is 48.2 Å². The molecule has 1 fully saturated rings. The third-order valence-corrected chi connectivity index (χ3v) is 32.9. The average molecular weight is 818 g/mol. The van der Waals surface area contributed by atoms with Crippen LogP contribution in [0.15, 0.2) is 96.1 Å². The number of allylic oxidation sites excluding steroid dienone is 2. The Bertz CT molecular complexity index is 1640. The summed E-state index contributed by atoms with van der Waals surface area (Å²) in [5.74, 6) is 2.88. The van der Waals surface area contributed by atoms with Crippen LogP contribution in [0.4, 0.5) is 0 Å². The summed E-state index contributed by atoms with van der Waals surface area (Å²) in [7, 11) is 3.48. The van der Waals surface area contributed by atoms with E-state index in [2.05, 4.69) is 125 Å². The van der Waals surface area contributed by atoms with Crippen LogP contribution in [0.25, 0.3) is 34.4 Å². The van der Waals surface area contributed by atoms with Crippen molar-refractivity contribution >= 4 is 12.2 Å². The first-order valence-corrected chi connectivity index (χ1v) is 25.6. The van der Waals surface area contributed by atoms with Crippen molar-refractivity contribution in [2.24, 2.45) is 11.8 Å². The van der Waals surface area contributed by atoms with Crippen LogP contribution in [0, 0.1) is 11.8 Å². The molecule has 0 radical (unpaired) electrons. The molecular formula is C41H44Cl2HfO2. The van der Waals surface area contributed by atoms with E-state index in [0.717, 1.165) is 11.5 Å². The van der Waals surface area contributed by atoms with E-state index in [-0.39, 0.29) is 24.8 Å². The molecule has 0 saturated carbocycles. The van der Waals surface area contributed by atoms with E-state index in [9.17, 15) is 0 Å². The normalized spacial score (nSPS) is 18.2. The van der Waals surface area contributed by atoms with Gasteiger partial charge in [0, 0.05) is 0 Å². The molecule has 2 nitrogen and oxygen atoms in total. The number of methoxy groups -OCH3 is 2. The summed E-state index contributed by atoms with van der Waals surface area (Å²) in [4.78, 5) is 0. The number of benzene rings is 4. The van der Waals surface area contributed by atoms with Gasteiger partial charge >= 0.3 is 270 Å². The second-order valence-electron chi connectivity index (χ2n) is 13.6. The fraction of sp³-hybridized carbons (Fsp3) is 0.317. The smallest absolute Gasteiger partial charge is 1.00 e. The standard InChI is InChI=1S/2C19H19O.C3H6.2ClH.Hf/c2*1-13(2)16-11-15-5-4-6-18(19(15)12-16)14-7-9-17(20-3)10-8-14;1-3-2;;;/h2*4-13H,1-3H3;1-3H2;2*1H;/q;;;;;+2/p-2. The van der Waals surface area contributed by atoms with Gasteiger partial charge in [-0.15, -0.1) is 0 Å². The number of rotatable bonds is 8. The Morgan fingerprint density at radius 3 is 1.26 bits per heavy atom. The Morgan fingerprint density at radius 1 is 0.565 bits per heavy atom. The summed E-state index contributed by atoms with van der Waals surface area (Å²) in [6.45, 7) is 9.73. The summed E-state index contributed by atoms with van der Waals surface area (Å²) in [6.07, 6.45) is 6.63. The summed E-state index contributed by atoms with van der Waals surface area (Å²) >= 11 is -3.12. The monoisotopic (exact) mass is 818 g/mol. The molecule has 0 N–H and O–H groups in total. The Kier molecular flexibility index (Phi) is 10.5.